The summed E-state index contributed by atoms with van der Waals surface area (Å²) < 4.78 is 0. The SMILES string of the molecule is NC1CCC(N2CCN(C=O)CC2)C1. The van der Waals surface area contributed by atoms with Gasteiger partial charge in [-0.2, -0.15) is 0 Å². The second-order valence-electron chi connectivity index (χ2n) is 4.40. The zero-order valence-corrected chi connectivity index (χ0v) is 8.56. The number of rotatable bonds is 2. The second kappa shape index (κ2) is 4.28. The fourth-order valence-corrected chi connectivity index (χ4v) is 2.53. The lowest BCUT2D eigenvalue weighted by atomic mass is 10.2. The molecule has 2 aliphatic rings. The van der Waals surface area contributed by atoms with Crippen molar-refractivity contribution in [3.63, 3.8) is 0 Å². The standard InChI is InChI=1S/C10H19N3O/c11-9-1-2-10(7-9)13-5-3-12(8-14)4-6-13/h8-10H,1-7,11H2. The van der Waals surface area contributed by atoms with E-state index in [2.05, 4.69) is 4.90 Å². The monoisotopic (exact) mass is 197 g/mol. The van der Waals surface area contributed by atoms with Gasteiger partial charge in [-0.05, 0) is 19.3 Å². The number of piperazine rings is 1. The van der Waals surface area contributed by atoms with Crippen LogP contribution in [-0.4, -0.2) is 54.5 Å². The first-order valence-corrected chi connectivity index (χ1v) is 5.48. The molecule has 4 heteroatoms. The quantitative estimate of drug-likeness (QED) is 0.615. The summed E-state index contributed by atoms with van der Waals surface area (Å²) >= 11 is 0. The average Bonchev–Trinajstić information content (AvgIpc) is 2.65. The van der Waals surface area contributed by atoms with Gasteiger partial charge in [0.2, 0.25) is 6.41 Å². The van der Waals surface area contributed by atoms with Crippen LogP contribution < -0.4 is 5.73 Å². The van der Waals surface area contributed by atoms with E-state index in [1.807, 2.05) is 4.90 Å². The van der Waals surface area contributed by atoms with Crippen molar-refractivity contribution >= 4 is 6.41 Å². The van der Waals surface area contributed by atoms with E-state index in [0.29, 0.717) is 12.1 Å². The van der Waals surface area contributed by atoms with E-state index in [9.17, 15) is 4.79 Å². The Labute approximate surface area is 85.0 Å². The summed E-state index contributed by atoms with van der Waals surface area (Å²) in [4.78, 5) is 14.9. The number of carbonyl (C=O) groups is 1. The van der Waals surface area contributed by atoms with E-state index in [0.717, 1.165) is 39.0 Å². The number of hydrogen-bond acceptors (Lipinski definition) is 3. The smallest absolute Gasteiger partial charge is 0.209 e. The molecule has 80 valence electrons. The lowest BCUT2D eigenvalue weighted by Crippen LogP contribution is -2.49. The second-order valence-corrected chi connectivity index (χ2v) is 4.40. The van der Waals surface area contributed by atoms with Crippen LogP contribution in [0.5, 0.6) is 0 Å². The lowest BCUT2D eigenvalue weighted by Gasteiger charge is -2.36. The zero-order chi connectivity index (χ0) is 9.97. The van der Waals surface area contributed by atoms with Crippen LogP contribution in [0.4, 0.5) is 0 Å². The molecular weight excluding hydrogens is 178 g/mol. The molecular formula is C10H19N3O. The zero-order valence-electron chi connectivity index (χ0n) is 8.56. The van der Waals surface area contributed by atoms with Crippen LogP contribution in [-0.2, 0) is 4.79 Å². The van der Waals surface area contributed by atoms with Gasteiger partial charge >= 0.3 is 0 Å². The Morgan fingerprint density at radius 2 is 1.86 bits per heavy atom. The summed E-state index contributed by atoms with van der Waals surface area (Å²) in [6.07, 6.45) is 4.50. The molecule has 1 saturated carbocycles. The topological polar surface area (TPSA) is 49.6 Å². The highest BCUT2D eigenvalue weighted by atomic mass is 16.1. The van der Waals surface area contributed by atoms with Crippen LogP contribution in [0, 0.1) is 0 Å². The van der Waals surface area contributed by atoms with Crippen LogP contribution in [0.2, 0.25) is 0 Å². The third-order valence-electron chi connectivity index (χ3n) is 3.46. The molecule has 1 aliphatic heterocycles. The maximum Gasteiger partial charge on any atom is 0.209 e. The summed E-state index contributed by atoms with van der Waals surface area (Å²) in [5, 5.41) is 0. The molecule has 2 atom stereocenters. The number of nitrogens with two attached hydrogens (primary N) is 1. The van der Waals surface area contributed by atoms with E-state index in [1.165, 1.54) is 12.8 Å². The van der Waals surface area contributed by atoms with Crippen LogP contribution >= 0.6 is 0 Å². The Hall–Kier alpha value is -0.610. The van der Waals surface area contributed by atoms with Gasteiger partial charge in [0, 0.05) is 38.3 Å². The van der Waals surface area contributed by atoms with Crippen molar-refractivity contribution in [2.24, 2.45) is 5.73 Å². The number of hydrogen-bond donors (Lipinski definition) is 1. The highest BCUT2D eigenvalue weighted by Crippen LogP contribution is 2.23. The molecule has 0 aromatic carbocycles. The minimum Gasteiger partial charge on any atom is -0.343 e. The van der Waals surface area contributed by atoms with E-state index in [1.54, 1.807) is 0 Å². The minimum atomic E-state index is 0.407. The maximum absolute atomic E-state index is 10.5. The van der Waals surface area contributed by atoms with Crippen molar-refractivity contribution in [1.29, 1.82) is 0 Å². The summed E-state index contributed by atoms with van der Waals surface area (Å²) in [6, 6.07) is 1.09. The third-order valence-corrected chi connectivity index (χ3v) is 3.46. The van der Waals surface area contributed by atoms with Crippen molar-refractivity contribution in [2.75, 3.05) is 26.2 Å². The highest BCUT2D eigenvalue weighted by Gasteiger charge is 2.28. The Morgan fingerprint density at radius 1 is 1.14 bits per heavy atom. The number of nitrogens with zero attached hydrogens (tertiary/aromatic N) is 2. The van der Waals surface area contributed by atoms with Gasteiger partial charge in [0.05, 0.1) is 0 Å². The van der Waals surface area contributed by atoms with Crippen LogP contribution in [0.3, 0.4) is 0 Å². The first kappa shape index (κ1) is 9.93. The van der Waals surface area contributed by atoms with Gasteiger partial charge in [-0.25, -0.2) is 0 Å². The molecule has 0 bridgehead atoms. The van der Waals surface area contributed by atoms with Crippen molar-refractivity contribution in [1.82, 2.24) is 9.80 Å². The van der Waals surface area contributed by atoms with Gasteiger partial charge in [0.25, 0.3) is 0 Å². The van der Waals surface area contributed by atoms with E-state index < -0.39 is 0 Å². The van der Waals surface area contributed by atoms with Crippen LogP contribution in [0.15, 0.2) is 0 Å². The van der Waals surface area contributed by atoms with Gasteiger partial charge in [0.1, 0.15) is 0 Å². The van der Waals surface area contributed by atoms with Gasteiger partial charge in [-0.15, -0.1) is 0 Å². The molecule has 0 aromatic heterocycles. The molecule has 2 unspecified atom stereocenters. The third kappa shape index (κ3) is 2.07. The van der Waals surface area contributed by atoms with E-state index in [4.69, 9.17) is 5.73 Å². The van der Waals surface area contributed by atoms with Crippen molar-refractivity contribution < 1.29 is 4.79 Å². The largest absolute Gasteiger partial charge is 0.343 e. The maximum atomic E-state index is 10.5. The van der Waals surface area contributed by atoms with Crippen molar-refractivity contribution in [2.45, 2.75) is 31.3 Å². The van der Waals surface area contributed by atoms with Gasteiger partial charge in [-0.1, -0.05) is 0 Å². The number of carbonyl (C=O) groups excluding carboxylic acids is 1. The van der Waals surface area contributed by atoms with Gasteiger partial charge < -0.3 is 10.6 Å². The Bertz CT molecular complexity index is 202. The molecule has 1 saturated heterocycles. The first-order chi connectivity index (χ1) is 6.79. The van der Waals surface area contributed by atoms with Gasteiger partial charge in [0.15, 0.2) is 0 Å². The fourth-order valence-electron chi connectivity index (χ4n) is 2.53. The predicted octanol–water partition coefficient (Wildman–Crippen LogP) is -0.360. The summed E-state index contributed by atoms with van der Waals surface area (Å²) in [7, 11) is 0. The molecule has 0 radical (unpaired) electrons. The Morgan fingerprint density at radius 3 is 2.36 bits per heavy atom. The molecule has 4 nitrogen and oxygen atoms in total. The molecule has 0 spiro atoms. The summed E-state index contributed by atoms with van der Waals surface area (Å²) in [5.74, 6) is 0. The Kier molecular flexibility index (Phi) is 3.03. The van der Waals surface area contributed by atoms with Crippen molar-refractivity contribution in [3.8, 4) is 0 Å². The number of amides is 1. The van der Waals surface area contributed by atoms with Crippen molar-refractivity contribution in [3.05, 3.63) is 0 Å². The molecule has 2 fully saturated rings. The molecule has 0 aromatic rings. The molecule has 1 heterocycles. The first-order valence-electron chi connectivity index (χ1n) is 5.48. The van der Waals surface area contributed by atoms with Crippen LogP contribution in [0.25, 0.3) is 0 Å². The molecule has 1 amide bonds. The molecule has 1 aliphatic carbocycles. The predicted molar refractivity (Wildman–Crippen MR) is 54.8 cm³/mol. The van der Waals surface area contributed by atoms with E-state index in [-0.39, 0.29) is 0 Å². The fraction of sp³-hybridized carbons (Fsp3) is 0.900. The minimum absolute atomic E-state index is 0.407. The summed E-state index contributed by atoms with van der Waals surface area (Å²) in [6.45, 7) is 3.82. The highest BCUT2D eigenvalue weighted by molar-refractivity contribution is 5.47. The summed E-state index contributed by atoms with van der Waals surface area (Å²) in [5.41, 5.74) is 5.89. The molecule has 2 N–H and O–H groups in total. The molecule has 2 rings (SSSR count). The van der Waals surface area contributed by atoms with Crippen LogP contribution in [0.1, 0.15) is 19.3 Å². The molecule has 14 heavy (non-hydrogen) atoms. The Balaban J connectivity index is 1.80. The van der Waals surface area contributed by atoms with E-state index >= 15 is 0 Å². The average molecular weight is 197 g/mol. The van der Waals surface area contributed by atoms with Gasteiger partial charge in [-0.3, -0.25) is 9.69 Å². The lowest BCUT2D eigenvalue weighted by molar-refractivity contribution is -0.120. The normalized spacial score (nSPS) is 34.8.